The first-order valence-electron chi connectivity index (χ1n) is 8.21. The number of benzene rings is 2. The number of methoxy groups -OCH3 is 1. The molecule has 0 aliphatic carbocycles. The number of carbonyl (C=O) groups is 2. The molecule has 0 saturated heterocycles. The Hall–Kier alpha value is -2.48. The lowest BCUT2D eigenvalue weighted by atomic mass is 10.1. The summed E-state index contributed by atoms with van der Waals surface area (Å²) in [5, 5.41) is 3.46. The summed E-state index contributed by atoms with van der Waals surface area (Å²) in [5.74, 6) is -0.852. The Kier molecular flexibility index (Phi) is 6.28. The minimum absolute atomic E-state index is 0.189. The Morgan fingerprint density at radius 3 is 2.36 bits per heavy atom. The summed E-state index contributed by atoms with van der Waals surface area (Å²) in [6.07, 6.45) is 0. The van der Waals surface area contributed by atoms with E-state index in [0.29, 0.717) is 20.5 Å². The Morgan fingerprint density at radius 2 is 1.75 bits per heavy atom. The van der Waals surface area contributed by atoms with Crippen molar-refractivity contribution in [3.05, 3.63) is 69.6 Å². The Labute approximate surface area is 175 Å². The lowest BCUT2D eigenvalue weighted by Crippen LogP contribution is -2.13. The molecule has 3 aromatic rings. The smallest absolute Gasteiger partial charge is 0.350 e. The van der Waals surface area contributed by atoms with Crippen molar-refractivity contribution in [2.45, 2.75) is 16.0 Å². The molecule has 1 amide bonds. The fourth-order valence-electron chi connectivity index (χ4n) is 2.36. The molecule has 8 heteroatoms. The molecule has 0 fully saturated rings. The summed E-state index contributed by atoms with van der Waals surface area (Å²) in [6.45, 7) is 1.95. The maximum Gasteiger partial charge on any atom is 0.350 e. The van der Waals surface area contributed by atoms with Crippen molar-refractivity contribution in [1.29, 1.82) is 0 Å². The molecule has 0 aliphatic heterocycles. The highest BCUT2D eigenvalue weighted by molar-refractivity contribution is 8.01. The van der Waals surface area contributed by atoms with Crippen LogP contribution in [0.1, 0.15) is 25.6 Å². The number of aryl methyl sites for hydroxylation is 1. The molecule has 3 N–H and O–H groups in total. The Balaban J connectivity index is 1.96. The summed E-state index contributed by atoms with van der Waals surface area (Å²) in [6, 6.07) is 14.4. The largest absolute Gasteiger partial charge is 0.465 e. The van der Waals surface area contributed by atoms with E-state index >= 15 is 0 Å². The number of amides is 1. The first-order chi connectivity index (χ1) is 13.4. The third-order valence-corrected chi connectivity index (χ3v) is 6.49. The van der Waals surface area contributed by atoms with Gasteiger partial charge in [0.2, 0.25) is 0 Å². The van der Waals surface area contributed by atoms with Gasteiger partial charge in [0.25, 0.3) is 5.91 Å². The Morgan fingerprint density at radius 1 is 1.11 bits per heavy atom. The molecule has 0 aliphatic rings. The molecular weight excluding hydrogens is 416 g/mol. The highest BCUT2D eigenvalue weighted by atomic mass is 35.5. The fourth-order valence-corrected chi connectivity index (χ4v) is 4.76. The summed E-state index contributed by atoms with van der Waals surface area (Å²) in [5.41, 5.74) is 8.31. The van der Waals surface area contributed by atoms with Crippen LogP contribution in [0.5, 0.6) is 0 Å². The number of rotatable bonds is 5. The fraction of sp³-hybridized carbons (Fsp3) is 0.100. The zero-order valence-corrected chi connectivity index (χ0v) is 17.5. The second-order valence-electron chi connectivity index (χ2n) is 5.88. The average molecular weight is 433 g/mol. The van der Waals surface area contributed by atoms with Crippen molar-refractivity contribution in [3.8, 4) is 0 Å². The van der Waals surface area contributed by atoms with Gasteiger partial charge in [0, 0.05) is 15.5 Å². The van der Waals surface area contributed by atoms with Crippen LogP contribution in [-0.2, 0) is 4.74 Å². The van der Waals surface area contributed by atoms with Gasteiger partial charge in [0.15, 0.2) is 0 Å². The number of nitrogens with two attached hydrogens (primary N) is 1. The molecule has 144 valence electrons. The first-order valence-corrected chi connectivity index (χ1v) is 10.2. The maximum absolute atomic E-state index is 12.7. The molecule has 28 heavy (non-hydrogen) atoms. The third kappa shape index (κ3) is 4.49. The summed E-state index contributed by atoms with van der Waals surface area (Å²) >= 11 is 8.49. The van der Waals surface area contributed by atoms with Crippen LogP contribution in [0.3, 0.4) is 0 Å². The number of hydrogen-bond donors (Lipinski definition) is 2. The van der Waals surface area contributed by atoms with Crippen LogP contribution in [0.25, 0.3) is 0 Å². The number of ether oxygens (including phenoxy) is 1. The maximum atomic E-state index is 12.7. The van der Waals surface area contributed by atoms with E-state index in [0.717, 1.165) is 10.5 Å². The number of esters is 1. The van der Waals surface area contributed by atoms with E-state index in [4.69, 9.17) is 22.1 Å². The van der Waals surface area contributed by atoms with E-state index < -0.39 is 5.97 Å². The molecule has 3 rings (SSSR count). The lowest BCUT2D eigenvalue weighted by Gasteiger charge is -2.08. The molecule has 5 nitrogen and oxygen atoms in total. The minimum Gasteiger partial charge on any atom is -0.465 e. The number of halogens is 1. The third-order valence-electron chi connectivity index (χ3n) is 3.86. The molecular formula is C20H17ClN2O3S2. The van der Waals surface area contributed by atoms with E-state index in [1.165, 1.54) is 30.2 Å². The van der Waals surface area contributed by atoms with E-state index in [2.05, 4.69) is 5.32 Å². The van der Waals surface area contributed by atoms with Gasteiger partial charge in [-0.3, -0.25) is 4.79 Å². The first kappa shape index (κ1) is 20.3. The van der Waals surface area contributed by atoms with Crippen molar-refractivity contribution in [3.63, 3.8) is 0 Å². The second-order valence-corrected chi connectivity index (χ2v) is 8.67. The van der Waals surface area contributed by atoms with E-state index in [9.17, 15) is 9.59 Å². The van der Waals surface area contributed by atoms with Crippen molar-refractivity contribution < 1.29 is 14.3 Å². The zero-order chi connectivity index (χ0) is 20.3. The van der Waals surface area contributed by atoms with Crippen LogP contribution in [0.2, 0.25) is 5.02 Å². The van der Waals surface area contributed by atoms with Crippen LogP contribution < -0.4 is 11.1 Å². The number of anilines is 2. The normalized spacial score (nSPS) is 10.5. The predicted molar refractivity (Wildman–Crippen MR) is 115 cm³/mol. The van der Waals surface area contributed by atoms with Crippen molar-refractivity contribution in [1.82, 2.24) is 0 Å². The molecule has 0 spiro atoms. The average Bonchev–Trinajstić information content (AvgIpc) is 2.99. The minimum atomic E-state index is -0.545. The standard InChI is InChI=1S/C20H17ClN2O3S2/c1-11-3-5-12(6-4-11)18(24)23-16-15(22)17(19(25)26-2)28-20(16)27-14-9-7-13(21)8-10-14/h3-10H,22H2,1-2H3,(H,23,24). The van der Waals surface area contributed by atoms with Crippen LogP contribution in [0.15, 0.2) is 57.6 Å². The Bertz CT molecular complexity index is 1020. The molecule has 1 aromatic heterocycles. The van der Waals surface area contributed by atoms with Crippen molar-refractivity contribution in [2.75, 3.05) is 18.2 Å². The van der Waals surface area contributed by atoms with Gasteiger partial charge in [-0.2, -0.15) is 0 Å². The quantitative estimate of drug-likeness (QED) is 0.521. The molecule has 0 unspecified atom stereocenters. The van der Waals surface area contributed by atoms with E-state index in [1.807, 2.05) is 31.2 Å². The summed E-state index contributed by atoms with van der Waals surface area (Å²) in [7, 11) is 1.29. The van der Waals surface area contributed by atoms with Gasteiger partial charge in [-0.05, 0) is 43.3 Å². The van der Waals surface area contributed by atoms with Gasteiger partial charge in [0.05, 0.1) is 22.7 Å². The SMILES string of the molecule is COC(=O)c1sc(Sc2ccc(Cl)cc2)c(NC(=O)c2ccc(C)cc2)c1N. The van der Waals surface area contributed by atoms with Gasteiger partial charge in [-0.15, -0.1) is 11.3 Å². The van der Waals surface area contributed by atoms with Gasteiger partial charge in [-0.1, -0.05) is 41.1 Å². The van der Waals surface area contributed by atoms with Crippen LogP contribution in [0, 0.1) is 6.92 Å². The number of nitrogen functional groups attached to an aromatic ring is 1. The van der Waals surface area contributed by atoms with Crippen molar-refractivity contribution in [2.24, 2.45) is 0 Å². The van der Waals surface area contributed by atoms with E-state index in [1.54, 1.807) is 24.3 Å². The molecule has 2 aromatic carbocycles. The highest BCUT2D eigenvalue weighted by Gasteiger charge is 2.24. The van der Waals surface area contributed by atoms with Crippen molar-refractivity contribution >= 4 is 58.0 Å². The predicted octanol–water partition coefficient (Wildman–Crippen LogP) is 5.48. The van der Waals surface area contributed by atoms with Crippen LogP contribution in [0.4, 0.5) is 11.4 Å². The summed E-state index contributed by atoms with van der Waals surface area (Å²) < 4.78 is 5.49. The zero-order valence-electron chi connectivity index (χ0n) is 15.1. The van der Waals surface area contributed by atoms with E-state index in [-0.39, 0.29) is 16.5 Å². The molecule has 0 saturated carbocycles. The molecule has 0 radical (unpaired) electrons. The molecule has 1 heterocycles. The van der Waals surface area contributed by atoms with Crippen LogP contribution in [-0.4, -0.2) is 19.0 Å². The lowest BCUT2D eigenvalue weighted by molar-refractivity contribution is 0.0607. The topological polar surface area (TPSA) is 81.4 Å². The number of hydrogen-bond acceptors (Lipinski definition) is 6. The second kappa shape index (κ2) is 8.68. The number of nitrogens with one attached hydrogen (secondary N) is 1. The van der Waals surface area contributed by atoms with Gasteiger partial charge < -0.3 is 15.8 Å². The number of thiophene rings is 1. The summed E-state index contributed by atoms with van der Waals surface area (Å²) in [4.78, 5) is 25.9. The van der Waals surface area contributed by atoms with Crippen LogP contribution >= 0.6 is 34.7 Å². The molecule has 0 atom stereocenters. The monoisotopic (exact) mass is 432 g/mol. The van der Waals surface area contributed by atoms with Gasteiger partial charge in [0.1, 0.15) is 4.88 Å². The number of carbonyl (C=O) groups excluding carboxylic acids is 2. The van der Waals surface area contributed by atoms with Gasteiger partial charge in [-0.25, -0.2) is 4.79 Å². The molecule has 0 bridgehead atoms. The highest BCUT2D eigenvalue weighted by Crippen LogP contribution is 2.45. The van der Waals surface area contributed by atoms with Gasteiger partial charge >= 0.3 is 5.97 Å².